The van der Waals surface area contributed by atoms with Crippen LogP contribution in [0.15, 0.2) is 46.0 Å². The first kappa shape index (κ1) is 31.5. The molecule has 0 bridgehead atoms. The molecule has 0 saturated heterocycles. The van der Waals surface area contributed by atoms with Crippen molar-refractivity contribution in [2.45, 2.75) is 53.4 Å². The van der Waals surface area contributed by atoms with Gasteiger partial charge in [0, 0.05) is 23.3 Å². The summed E-state index contributed by atoms with van der Waals surface area (Å²) in [7, 11) is 0. The normalized spacial score (nSPS) is 10.9. The highest BCUT2D eigenvalue weighted by molar-refractivity contribution is 6.37. The van der Waals surface area contributed by atoms with Gasteiger partial charge in [0.15, 0.2) is 11.5 Å². The van der Waals surface area contributed by atoms with Crippen LogP contribution in [0.1, 0.15) is 61.8 Å². The lowest BCUT2D eigenvalue weighted by molar-refractivity contribution is 0.452. The Labute approximate surface area is 251 Å². The first-order chi connectivity index (χ1) is 18.8. The molecule has 0 atom stereocenters. The van der Waals surface area contributed by atoms with Gasteiger partial charge in [-0.05, 0) is 61.1 Å². The molecular formula is C28H28Cl4N4O4. The van der Waals surface area contributed by atoms with Crippen LogP contribution in [0.3, 0.4) is 0 Å². The zero-order chi connectivity index (χ0) is 29.7. The predicted molar refractivity (Wildman–Crippen MR) is 160 cm³/mol. The summed E-state index contributed by atoms with van der Waals surface area (Å²) in [5.74, 6) is 1.28. The maximum atomic E-state index is 11.6. The van der Waals surface area contributed by atoms with Crippen molar-refractivity contribution in [3.8, 4) is 23.3 Å². The van der Waals surface area contributed by atoms with Gasteiger partial charge in [-0.1, -0.05) is 74.1 Å². The van der Waals surface area contributed by atoms with Crippen LogP contribution in [-0.2, 0) is 0 Å². The molecule has 2 heterocycles. The Bertz CT molecular complexity index is 1470. The van der Waals surface area contributed by atoms with Crippen molar-refractivity contribution in [2.24, 2.45) is 0 Å². The molecule has 0 aliphatic heterocycles. The van der Waals surface area contributed by atoms with Gasteiger partial charge >= 0.3 is 0 Å². The summed E-state index contributed by atoms with van der Waals surface area (Å²) >= 11 is 24.4. The molecule has 212 valence electrons. The van der Waals surface area contributed by atoms with Gasteiger partial charge in [-0.2, -0.15) is 0 Å². The standard InChI is InChI=1S/2C14H14Cl2N2O2/c2*1-7(2)9-6-12(17-18-14(9)19)20-13-10(15)4-8(3)5-11(13)16/h2*4-7H,1-3H3,(H,18,19). The fraction of sp³-hybridized carbons (Fsp3) is 0.286. The number of aryl methyl sites for hydroxylation is 2. The number of nitrogens with one attached hydrogen (secondary N) is 2. The molecule has 0 radical (unpaired) electrons. The van der Waals surface area contributed by atoms with Crippen molar-refractivity contribution >= 4 is 46.4 Å². The highest BCUT2D eigenvalue weighted by Gasteiger charge is 2.14. The highest BCUT2D eigenvalue weighted by atomic mass is 35.5. The van der Waals surface area contributed by atoms with Crippen molar-refractivity contribution in [1.82, 2.24) is 20.4 Å². The van der Waals surface area contributed by atoms with E-state index in [-0.39, 0.29) is 34.7 Å². The average Bonchev–Trinajstić information content (AvgIpc) is 2.85. The number of hydrogen-bond donors (Lipinski definition) is 2. The lowest BCUT2D eigenvalue weighted by atomic mass is 10.1. The third kappa shape index (κ3) is 8.01. The van der Waals surface area contributed by atoms with E-state index in [2.05, 4.69) is 20.4 Å². The Morgan fingerprint density at radius 1 is 0.600 bits per heavy atom. The van der Waals surface area contributed by atoms with Gasteiger partial charge in [0.05, 0.1) is 20.1 Å². The van der Waals surface area contributed by atoms with E-state index < -0.39 is 0 Å². The number of rotatable bonds is 6. The van der Waals surface area contributed by atoms with Crippen molar-refractivity contribution in [3.63, 3.8) is 0 Å². The lowest BCUT2D eigenvalue weighted by Gasteiger charge is -2.11. The number of H-pyrrole nitrogens is 2. The largest absolute Gasteiger partial charge is 0.434 e. The van der Waals surface area contributed by atoms with Crippen LogP contribution < -0.4 is 20.6 Å². The van der Waals surface area contributed by atoms with Crippen molar-refractivity contribution in [2.75, 3.05) is 0 Å². The van der Waals surface area contributed by atoms with E-state index in [4.69, 9.17) is 55.9 Å². The average molecular weight is 626 g/mol. The minimum absolute atomic E-state index is 0.0630. The third-order valence-electron chi connectivity index (χ3n) is 5.56. The number of ether oxygens (including phenoxy) is 2. The van der Waals surface area contributed by atoms with Crippen LogP contribution in [0.5, 0.6) is 23.3 Å². The van der Waals surface area contributed by atoms with E-state index in [0.717, 1.165) is 11.1 Å². The molecule has 0 amide bonds. The number of aromatic nitrogens is 4. The summed E-state index contributed by atoms with van der Waals surface area (Å²) in [4.78, 5) is 23.2. The molecule has 8 nitrogen and oxygen atoms in total. The van der Waals surface area contributed by atoms with E-state index >= 15 is 0 Å². The maximum absolute atomic E-state index is 11.6. The Kier molecular flexibility index (Phi) is 10.7. The molecule has 0 fully saturated rings. The summed E-state index contributed by atoms with van der Waals surface area (Å²) in [6.07, 6.45) is 0. The number of benzene rings is 2. The molecule has 2 N–H and O–H groups in total. The SMILES string of the molecule is Cc1cc(Cl)c(Oc2cc(C(C)C)c(=O)[nH]n2)c(Cl)c1.Cc1cc(Cl)c(Oc2cc(C(C)C)c(=O)[nH]n2)c(Cl)c1. The van der Waals surface area contributed by atoms with Crippen LogP contribution in [0, 0.1) is 13.8 Å². The van der Waals surface area contributed by atoms with Gasteiger partial charge in [-0.3, -0.25) is 9.59 Å². The molecule has 12 heteroatoms. The summed E-state index contributed by atoms with van der Waals surface area (Å²) in [5.41, 5.74) is 2.60. The van der Waals surface area contributed by atoms with Crippen LogP contribution in [0.2, 0.25) is 20.1 Å². The molecule has 0 unspecified atom stereocenters. The first-order valence-corrected chi connectivity index (χ1v) is 13.7. The van der Waals surface area contributed by atoms with Gasteiger partial charge in [0.2, 0.25) is 11.8 Å². The van der Waals surface area contributed by atoms with Gasteiger partial charge < -0.3 is 9.47 Å². The zero-order valence-corrected chi connectivity index (χ0v) is 25.7. The second-order valence-electron chi connectivity index (χ2n) is 9.61. The minimum Gasteiger partial charge on any atom is -0.434 e. The van der Waals surface area contributed by atoms with Crippen LogP contribution in [0.25, 0.3) is 0 Å². The molecule has 0 aliphatic carbocycles. The van der Waals surface area contributed by atoms with E-state index in [1.165, 1.54) is 0 Å². The minimum atomic E-state index is -0.228. The highest BCUT2D eigenvalue weighted by Crippen LogP contribution is 2.38. The molecule has 0 aliphatic rings. The summed E-state index contributed by atoms with van der Waals surface area (Å²) in [5, 5.41) is 14.1. The monoisotopic (exact) mass is 624 g/mol. The molecular weight excluding hydrogens is 598 g/mol. The molecule has 0 spiro atoms. The Hall–Kier alpha value is -3.04. The molecule has 0 saturated carbocycles. The van der Waals surface area contributed by atoms with Gasteiger partial charge in [-0.25, -0.2) is 10.2 Å². The molecule has 2 aromatic carbocycles. The molecule has 4 rings (SSSR count). The fourth-order valence-electron chi connectivity index (χ4n) is 3.54. The Morgan fingerprint density at radius 3 is 1.18 bits per heavy atom. The van der Waals surface area contributed by atoms with Crippen LogP contribution >= 0.6 is 46.4 Å². The molecule has 2 aromatic heterocycles. The zero-order valence-electron chi connectivity index (χ0n) is 22.7. The molecule has 40 heavy (non-hydrogen) atoms. The Morgan fingerprint density at radius 2 is 0.900 bits per heavy atom. The van der Waals surface area contributed by atoms with Gasteiger partial charge in [0.1, 0.15) is 0 Å². The number of aromatic amines is 2. The summed E-state index contributed by atoms with van der Waals surface area (Å²) < 4.78 is 11.2. The first-order valence-electron chi connectivity index (χ1n) is 12.2. The smallest absolute Gasteiger partial charge is 0.267 e. The van der Waals surface area contributed by atoms with E-state index in [9.17, 15) is 9.59 Å². The summed E-state index contributed by atoms with van der Waals surface area (Å²) in [6, 6.07) is 10.2. The Balaban J connectivity index is 0.000000220. The van der Waals surface area contributed by atoms with Crippen molar-refractivity contribution < 1.29 is 9.47 Å². The van der Waals surface area contributed by atoms with Crippen molar-refractivity contribution in [3.05, 3.63) is 99.5 Å². The second kappa shape index (κ2) is 13.5. The second-order valence-corrected chi connectivity index (χ2v) is 11.2. The fourth-order valence-corrected chi connectivity index (χ4v) is 4.89. The van der Waals surface area contributed by atoms with Crippen LogP contribution in [0.4, 0.5) is 0 Å². The van der Waals surface area contributed by atoms with Crippen molar-refractivity contribution in [1.29, 1.82) is 0 Å². The topological polar surface area (TPSA) is 110 Å². The number of halogens is 4. The number of hydrogen-bond acceptors (Lipinski definition) is 6. The summed E-state index contributed by atoms with van der Waals surface area (Å²) in [6.45, 7) is 11.4. The van der Waals surface area contributed by atoms with E-state index in [1.807, 2.05) is 41.5 Å². The quantitative estimate of drug-likeness (QED) is 0.222. The number of nitrogens with zero attached hydrogens (tertiary/aromatic N) is 2. The van der Waals surface area contributed by atoms with Gasteiger partial charge in [-0.15, -0.1) is 10.2 Å². The maximum Gasteiger partial charge on any atom is 0.267 e. The van der Waals surface area contributed by atoms with E-state index in [1.54, 1.807) is 36.4 Å². The lowest BCUT2D eigenvalue weighted by Crippen LogP contribution is -2.15. The predicted octanol–water partition coefficient (Wildman–Crippen LogP) is 8.60. The third-order valence-corrected chi connectivity index (χ3v) is 6.68. The van der Waals surface area contributed by atoms with Crippen LogP contribution in [-0.4, -0.2) is 20.4 Å². The molecule has 4 aromatic rings. The van der Waals surface area contributed by atoms with E-state index in [0.29, 0.717) is 42.7 Å². The van der Waals surface area contributed by atoms with Gasteiger partial charge in [0.25, 0.3) is 11.1 Å².